The van der Waals surface area contributed by atoms with Gasteiger partial charge in [0.2, 0.25) is 0 Å². The zero-order chi connectivity index (χ0) is 15.0. The van der Waals surface area contributed by atoms with Gasteiger partial charge >= 0.3 is 5.97 Å². The highest BCUT2D eigenvalue weighted by Crippen LogP contribution is 2.16. The second kappa shape index (κ2) is 8.60. The molecule has 118 valence electrons. The van der Waals surface area contributed by atoms with Crippen LogP contribution in [-0.4, -0.2) is 63.4 Å². The summed E-state index contributed by atoms with van der Waals surface area (Å²) in [7, 11) is 5.38. The first-order valence-electron chi connectivity index (χ1n) is 7.59. The third kappa shape index (κ3) is 5.38. The van der Waals surface area contributed by atoms with E-state index in [4.69, 9.17) is 9.47 Å². The number of unbranched alkanes of at least 4 members (excludes halogenated alkanes) is 1. The molecule has 5 nitrogen and oxygen atoms in total. The minimum Gasteiger partial charge on any atom is -0.468 e. The highest BCUT2D eigenvalue weighted by molar-refractivity contribution is 5.80. The first kappa shape index (κ1) is 17.4. The fourth-order valence-electron chi connectivity index (χ4n) is 2.64. The van der Waals surface area contributed by atoms with E-state index >= 15 is 0 Å². The fraction of sp³-hybridized carbons (Fsp3) is 0.933. The van der Waals surface area contributed by atoms with Crippen molar-refractivity contribution in [2.24, 2.45) is 0 Å². The standard InChI is InChI=1S/C15H30N2O3/c1-15(16-2,14(18)19-4)9-5-6-10-17(3)12-13-8-7-11-20-13/h13,16H,5-12H2,1-4H3. The van der Waals surface area contributed by atoms with Gasteiger partial charge in [0, 0.05) is 13.2 Å². The highest BCUT2D eigenvalue weighted by atomic mass is 16.5. The number of methoxy groups -OCH3 is 1. The molecule has 1 saturated heterocycles. The Morgan fingerprint density at radius 3 is 2.80 bits per heavy atom. The average Bonchev–Trinajstić information content (AvgIpc) is 2.95. The number of esters is 1. The van der Waals surface area contributed by atoms with Crippen molar-refractivity contribution in [2.75, 3.05) is 40.9 Å². The van der Waals surface area contributed by atoms with E-state index < -0.39 is 5.54 Å². The van der Waals surface area contributed by atoms with E-state index in [1.165, 1.54) is 20.0 Å². The van der Waals surface area contributed by atoms with Crippen molar-refractivity contribution in [1.82, 2.24) is 10.2 Å². The SMILES string of the molecule is CNC(C)(CCCCN(C)CC1CCCO1)C(=O)OC. The predicted octanol–water partition coefficient (Wildman–Crippen LogP) is 1.42. The zero-order valence-corrected chi connectivity index (χ0v) is 13.4. The lowest BCUT2D eigenvalue weighted by molar-refractivity contribution is -0.148. The van der Waals surface area contributed by atoms with E-state index in [-0.39, 0.29) is 5.97 Å². The summed E-state index contributed by atoms with van der Waals surface area (Å²) in [5, 5.41) is 3.07. The van der Waals surface area contributed by atoms with Crippen molar-refractivity contribution < 1.29 is 14.3 Å². The van der Waals surface area contributed by atoms with E-state index in [0.717, 1.165) is 39.0 Å². The lowest BCUT2D eigenvalue weighted by atomic mass is 9.95. The Kier molecular flexibility index (Phi) is 7.48. The maximum Gasteiger partial charge on any atom is 0.325 e. The van der Waals surface area contributed by atoms with Gasteiger partial charge in [-0.3, -0.25) is 4.79 Å². The van der Waals surface area contributed by atoms with Gasteiger partial charge in [-0.2, -0.15) is 0 Å². The molecule has 0 aromatic heterocycles. The van der Waals surface area contributed by atoms with Crippen LogP contribution in [0.2, 0.25) is 0 Å². The van der Waals surface area contributed by atoms with Gasteiger partial charge in [0.15, 0.2) is 0 Å². The van der Waals surface area contributed by atoms with Crippen molar-refractivity contribution in [2.45, 2.75) is 50.7 Å². The van der Waals surface area contributed by atoms with Crippen molar-refractivity contribution in [3.05, 3.63) is 0 Å². The van der Waals surface area contributed by atoms with E-state index in [9.17, 15) is 4.79 Å². The van der Waals surface area contributed by atoms with E-state index in [1.807, 2.05) is 6.92 Å². The van der Waals surface area contributed by atoms with Crippen LogP contribution in [0.3, 0.4) is 0 Å². The lowest BCUT2D eigenvalue weighted by Crippen LogP contribution is -2.48. The van der Waals surface area contributed by atoms with Gasteiger partial charge in [0.1, 0.15) is 5.54 Å². The topological polar surface area (TPSA) is 50.8 Å². The quantitative estimate of drug-likeness (QED) is 0.513. The molecule has 0 aromatic carbocycles. The average molecular weight is 286 g/mol. The predicted molar refractivity (Wildman–Crippen MR) is 79.8 cm³/mol. The third-order valence-corrected chi connectivity index (χ3v) is 4.19. The number of hydrogen-bond acceptors (Lipinski definition) is 5. The molecular formula is C15H30N2O3. The molecule has 0 amide bonds. The van der Waals surface area contributed by atoms with Crippen LogP contribution in [-0.2, 0) is 14.3 Å². The van der Waals surface area contributed by atoms with E-state index in [2.05, 4.69) is 17.3 Å². The Morgan fingerprint density at radius 1 is 1.50 bits per heavy atom. The first-order valence-corrected chi connectivity index (χ1v) is 7.59. The van der Waals surface area contributed by atoms with Gasteiger partial charge in [-0.1, -0.05) is 0 Å². The van der Waals surface area contributed by atoms with Crippen LogP contribution in [0, 0.1) is 0 Å². The molecular weight excluding hydrogens is 256 g/mol. The lowest BCUT2D eigenvalue weighted by Gasteiger charge is -2.26. The van der Waals surface area contributed by atoms with Crippen LogP contribution >= 0.6 is 0 Å². The molecule has 1 N–H and O–H groups in total. The smallest absolute Gasteiger partial charge is 0.325 e. The van der Waals surface area contributed by atoms with Crippen molar-refractivity contribution in [3.8, 4) is 0 Å². The van der Waals surface area contributed by atoms with Crippen LogP contribution < -0.4 is 5.32 Å². The molecule has 1 aliphatic heterocycles. The van der Waals surface area contributed by atoms with Gasteiger partial charge in [-0.25, -0.2) is 0 Å². The van der Waals surface area contributed by atoms with Crippen molar-refractivity contribution in [1.29, 1.82) is 0 Å². The van der Waals surface area contributed by atoms with Crippen LogP contribution in [0.25, 0.3) is 0 Å². The van der Waals surface area contributed by atoms with Gasteiger partial charge in [0.05, 0.1) is 13.2 Å². The molecule has 0 bridgehead atoms. The van der Waals surface area contributed by atoms with Crippen LogP contribution in [0.15, 0.2) is 0 Å². The van der Waals surface area contributed by atoms with Gasteiger partial charge in [-0.05, 0) is 59.7 Å². The first-order chi connectivity index (χ1) is 9.51. The summed E-state index contributed by atoms with van der Waals surface area (Å²) in [6.45, 7) is 4.87. The molecule has 2 atom stereocenters. The van der Waals surface area contributed by atoms with Crippen LogP contribution in [0.4, 0.5) is 0 Å². The summed E-state index contributed by atoms with van der Waals surface area (Å²) in [4.78, 5) is 14.0. The molecule has 20 heavy (non-hydrogen) atoms. The number of ether oxygens (including phenoxy) is 2. The van der Waals surface area contributed by atoms with E-state index in [1.54, 1.807) is 7.05 Å². The summed E-state index contributed by atoms with van der Waals surface area (Å²) in [6.07, 6.45) is 5.67. The number of hydrogen-bond donors (Lipinski definition) is 1. The molecule has 1 aliphatic rings. The molecule has 5 heteroatoms. The second-order valence-electron chi connectivity index (χ2n) is 5.93. The highest BCUT2D eigenvalue weighted by Gasteiger charge is 2.31. The summed E-state index contributed by atoms with van der Waals surface area (Å²) < 4.78 is 10.5. The summed E-state index contributed by atoms with van der Waals surface area (Å²) in [6, 6.07) is 0. The van der Waals surface area contributed by atoms with Gasteiger partial charge < -0.3 is 19.7 Å². The number of nitrogens with zero attached hydrogens (tertiary/aromatic N) is 1. The molecule has 1 fully saturated rings. The van der Waals surface area contributed by atoms with Crippen molar-refractivity contribution in [3.63, 3.8) is 0 Å². The molecule has 2 unspecified atom stereocenters. The minimum atomic E-state index is -0.568. The number of carbonyl (C=O) groups excluding carboxylic acids is 1. The Bertz CT molecular complexity index is 293. The third-order valence-electron chi connectivity index (χ3n) is 4.19. The minimum absolute atomic E-state index is 0.187. The Balaban J connectivity index is 2.17. The molecule has 0 aromatic rings. The van der Waals surface area contributed by atoms with Gasteiger partial charge in [-0.15, -0.1) is 0 Å². The Labute approximate surface area is 123 Å². The van der Waals surface area contributed by atoms with Crippen molar-refractivity contribution >= 4 is 5.97 Å². The molecule has 0 spiro atoms. The summed E-state index contributed by atoms with van der Waals surface area (Å²) in [5.41, 5.74) is -0.568. The number of nitrogens with one attached hydrogen (secondary N) is 1. The normalized spacial score (nSPS) is 21.9. The summed E-state index contributed by atoms with van der Waals surface area (Å²) in [5.74, 6) is -0.187. The second-order valence-corrected chi connectivity index (χ2v) is 5.93. The Morgan fingerprint density at radius 2 is 2.25 bits per heavy atom. The van der Waals surface area contributed by atoms with Crippen LogP contribution in [0.1, 0.15) is 39.0 Å². The molecule has 0 aliphatic carbocycles. The molecule has 1 heterocycles. The number of carbonyl (C=O) groups is 1. The zero-order valence-electron chi connectivity index (χ0n) is 13.4. The molecule has 0 radical (unpaired) electrons. The Hall–Kier alpha value is -0.650. The van der Waals surface area contributed by atoms with Gasteiger partial charge in [0.25, 0.3) is 0 Å². The van der Waals surface area contributed by atoms with Crippen LogP contribution in [0.5, 0.6) is 0 Å². The van der Waals surface area contributed by atoms with E-state index in [0.29, 0.717) is 6.10 Å². The fourth-order valence-corrected chi connectivity index (χ4v) is 2.64. The maximum absolute atomic E-state index is 11.7. The molecule has 0 saturated carbocycles. The number of likely N-dealkylation sites (N-methyl/N-ethyl adjacent to an activating group) is 2. The number of rotatable bonds is 9. The largest absolute Gasteiger partial charge is 0.468 e. The summed E-state index contributed by atoms with van der Waals surface area (Å²) >= 11 is 0. The monoisotopic (exact) mass is 286 g/mol. The molecule has 1 rings (SSSR count). The maximum atomic E-state index is 11.7.